The van der Waals surface area contributed by atoms with Crippen LogP contribution in [0.1, 0.15) is 43.7 Å². The molecule has 0 amide bonds. The molecular formula is C30H24Cl3FN2O2. The van der Waals surface area contributed by atoms with Gasteiger partial charge < -0.3 is 5.11 Å². The molecule has 3 aromatic rings. The number of aliphatic hydroxyl groups excluding tert-OH is 1. The number of hydrogen-bond acceptors (Lipinski definition) is 3. The fraction of sp³-hybridized carbons (Fsp3) is 0.200. The first-order valence-electron chi connectivity index (χ1n) is 12.0. The van der Waals surface area contributed by atoms with Crippen LogP contribution < -0.4 is 4.90 Å². The quantitative estimate of drug-likeness (QED) is 0.309. The van der Waals surface area contributed by atoms with E-state index in [-0.39, 0.29) is 34.9 Å². The number of hydrogen-bond donors (Lipinski definition) is 2. The smallest absolute Gasteiger partial charge is 0.162 e. The Hall–Kier alpha value is -3.12. The largest absolute Gasteiger partial charge is 0.507 e. The second kappa shape index (κ2) is 9.88. The number of aliphatic hydroxyl groups is 1. The average molecular weight is 570 g/mol. The average Bonchev–Trinajstić information content (AvgIpc) is 2.82. The van der Waals surface area contributed by atoms with E-state index in [9.17, 15) is 15.3 Å². The molecule has 2 aliphatic rings. The van der Waals surface area contributed by atoms with Gasteiger partial charge in [-0.15, -0.1) is 0 Å². The van der Waals surface area contributed by atoms with E-state index in [4.69, 9.17) is 34.8 Å². The van der Waals surface area contributed by atoms with Crippen molar-refractivity contribution in [3.8, 4) is 0 Å². The van der Waals surface area contributed by atoms with Crippen LogP contribution in [0.25, 0.3) is 5.76 Å². The molecule has 1 aliphatic carbocycles. The van der Waals surface area contributed by atoms with Crippen molar-refractivity contribution in [3.63, 3.8) is 0 Å². The molecule has 1 heterocycles. The zero-order valence-electron chi connectivity index (χ0n) is 20.7. The van der Waals surface area contributed by atoms with Gasteiger partial charge in [0.1, 0.15) is 17.4 Å². The molecule has 0 saturated heterocycles. The molecule has 5 rings (SSSR count). The summed E-state index contributed by atoms with van der Waals surface area (Å²) >= 11 is 18.8. The molecule has 0 spiro atoms. The van der Waals surface area contributed by atoms with Crippen LogP contribution in [0.5, 0.6) is 0 Å². The van der Waals surface area contributed by atoms with E-state index in [0.717, 1.165) is 0 Å². The van der Waals surface area contributed by atoms with Crippen molar-refractivity contribution in [1.82, 2.24) is 0 Å². The highest BCUT2D eigenvalue weighted by Gasteiger charge is 2.47. The zero-order chi connectivity index (χ0) is 27.4. The highest BCUT2D eigenvalue weighted by atomic mass is 35.5. The first-order valence-corrected chi connectivity index (χ1v) is 13.1. The van der Waals surface area contributed by atoms with Crippen molar-refractivity contribution >= 4 is 57.9 Å². The third kappa shape index (κ3) is 4.75. The van der Waals surface area contributed by atoms with Crippen LogP contribution in [0.2, 0.25) is 15.1 Å². The molecule has 1 unspecified atom stereocenters. The van der Waals surface area contributed by atoms with Gasteiger partial charge in [0.2, 0.25) is 0 Å². The number of anilines is 1. The van der Waals surface area contributed by atoms with Crippen LogP contribution >= 0.6 is 34.8 Å². The van der Waals surface area contributed by atoms with Crippen LogP contribution in [0.3, 0.4) is 0 Å². The lowest BCUT2D eigenvalue weighted by Crippen LogP contribution is -2.45. The van der Waals surface area contributed by atoms with E-state index in [0.29, 0.717) is 44.0 Å². The predicted molar refractivity (Wildman–Crippen MR) is 152 cm³/mol. The summed E-state index contributed by atoms with van der Waals surface area (Å²) in [6.45, 7) is 3.96. The minimum absolute atomic E-state index is 0.0975. The number of carbonyl (C=O) groups is 1. The first kappa shape index (κ1) is 26.5. The van der Waals surface area contributed by atoms with Gasteiger partial charge >= 0.3 is 0 Å². The summed E-state index contributed by atoms with van der Waals surface area (Å²) in [5.41, 5.74) is 1.66. The molecule has 1 aliphatic heterocycles. The Morgan fingerprint density at radius 2 is 1.61 bits per heavy atom. The third-order valence-electron chi connectivity index (χ3n) is 6.92. The van der Waals surface area contributed by atoms with Crippen molar-refractivity contribution in [2.24, 2.45) is 5.41 Å². The summed E-state index contributed by atoms with van der Waals surface area (Å²) in [6, 6.07) is 17.5. The number of nitrogens with zero attached hydrogens (tertiary/aromatic N) is 1. The molecular weight excluding hydrogens is 546 g/mol. The zero-order valence-corrected chi connectivity index (χ0v) is 22.9. The summed E-state index contributed by atoms with van der Waals surface area (Å²) in [4.78, 5) is 15.5. The number of ketones is 1. The maximum atomic E-state index is 15.4. The lowest BCUT2D eigenvalue weighted by atomic mass is 9.67. The van der Waals surface area contributed by atoms with Gasteiger partial charge in [0, 0.05) is 55.4 Å². The second-order valence-electron chi connectivity index (χ2n) is 10.3. The van der Waals surface area contributed by atoms with Gasteiger partial charge in [-0.1, -0.05) is 66.8 Å². The van der Waals surface area contributed by atoms with E-state index in [1.54, 1.807) is 65.6 Å². The summed E-state index contributed by atoms with van der Waals surface area (Å²) in [5, 5.41) is 22.2. The lowest BCUT2D eigenvalue weighted by molar-refractivity contribution is -0.118. The Morgan fingerprint density at radius 3 is 2.24 bits per heavy atom. The van der Waals surface area contributed by atoms with Gasteiger partial charge in [-0.05, 0) is 60.4 Å². The molecule has 0 bridgehead atoms. The monoisotopic (exact) mass is 568 g/mol. The summed E-state index contributed by atoms with van der Waals surface area (Å²) in [6.07, 6.45) is 0.684. The number of Topliss-reactive ketones (excluding diaryl/α,β-unsaturated/α-hetero) is 1. The molecule has 0 saturated carbocycles. The third-order valence-corrected chi connectivity index (χ3v) is 7.61. The second-order valence-corrected chi connectivity index (χ2v) is 11.6. The molecule has 8 heteroatoms. The van der Waals surface area contributed by atoms with Crippen molar-refractivity contribution < 1.29 is 14.3 Å². The standard InChI is InChI=1S/C30H24Cl3FN2O2/c1-30(2)14-23-26(24(37)15-30)25(21-5-3-4-6-22(21)34)27(28(38)16-7-9-17(31)10-8-16)29(35)36(23)20-12-18(32)11-19(33)13-20/h3-13,25,35,38H,14-15H2,1-2H3/b28-27+,35-29?. The van der Waals surface area contributed by atoms with Crippen molar-refractivity contribution in [2.45, 2.75) is 32.6 Å². The number of carbonyl (C=O) groups excluding carboxylic acids is 1. The minimum atomic E-state index is -0.996. The number of rotatable bonds is 3. The number of amidine groups is 1. The number of halogens is 4. The van der Waals surface area contributed by atoms with Crippen molar-refractivity contribution in [2.75, 3.05) is 4.90 Å². The summed E-state index contributed by atoms with van der Waals surface area (Å²) in [7, 11) is 0. The Kier molecular flexibility index (Phi) is 6.89. The number of allylic oxidation sites excluding steroid dienone is 2. The van der Waals surface area contributed by atoms with Crippen molar-refractivity contribution in [1.29, 1.82) is 5.41 Å². The van der Waals surface area contributed by atoms with Gasteiger partial charge in [0.25, 0.3) is 0 Å². The molecule has 1 atom stereocenters. The molecule has 38 heavy (non-hydrogen) atoms. The Labute approximate surface area is 235 Å². The van der Waals surface area contributed by atoms with Crippen molar-refractivity contribution in [3.05, 3.63) is 116 Å². The maximum Gasteiger partial charge on any atom is 0.162 e. The number of benzene rings is 3. The Morgan fingerprint density at radius 1 is 0.974 bits per heavy atom. The van der Waals surface area contributed by atoms with Gasteiger partial charge in [-0.2, -0.15) is 0 Å². The van der Waals surface area contributed by atoms with Gasteiger partial charge in [-0.3, -0.25) is 15.1 Å². The molecule has 194 valence electrons. The molecule has 4 nitrogen and oxygen atoms in total. The molecule has 2 N–H and O–H groups in total. The predicted octanol–water partition coefficient (Wildman–Crippen LogP) is 8.98. The summed E-state index contributed by atoms with van der Waals surface area (Å²) < 4.78 is 15.4. The number of nitrogens with one attached hydrogen (secondary N) is 1. The fourth-order valence-corrected chi connectivity index (χ4v) is 5.99. The molecule has 0 radical (unpaired) electrons. The van der Waals surface area contributed by atoms with Gasteiger partial charge in [0.05, 0.1) is 5.69 Å². The van der Waals surface area contributed by atoms with Crippen LogP contribution in [0.15, 0.2) is 83.6 Å². The van der Waals surface area contributed by atoms with Crippen LogP contribution in [0.4, 0.5) is 10.1 Å². The SMILES string of the molecule is CC1(C)CC(=O)C2=C(C1)N(c1cc(Cl)cc(Cl)c1)C(=N)/C(=C(/O)c1ccc(Cl)cc1)C2c1ccccc1F. The fourth-order valence-electron chi connectivity index (χ4n) is 5.35. The Bertz CT molecular complexity index is 1520. The van der Waals surface area contributed by atoms with E-state index in [1.165, 1.54) is 6.07 Å². The van der Waals surface area contributed by atoms with Crippen LogP contribution in [-0.4, -0.2) is 16.7 Å². The molecule has 0 aromatic heterocycles. The highest BCUT2D eigenvalue weighted by Crippen LogP contribution is 2.52. The maximum absolute atomic E-state index is 15.4. The normalized spacial score (nSPS) is 20.5. The van der Waals surface area contributed by atoms with Crippen LogP contribution in [-0.2, 0) is 4.79 Å². The minimum Gasteiger partial charge on any atom is -0.507 e. The van der Waals surface area contributed by atoms with E-state index in [2.05, 4.69) is 0 Å². The first-order chi connectivity index (χ1) is 18.0. The van der Waals surface area contributed by atoms with E-state index < -0.39 is 17.2 Å². The van der Waals surface area contributed by atoms with Crippen LogP contribution in [0, 0.1) is 16.6 Å². The van der Waals surface area contributed by atoms with Gasteiger partial charge in [0.15, 0.2) is 5.78 Å². The van der Waals surface area contributed by atoms with Gasteiger partial charge in [-0.25, -0.2) is 4.39 Å². The van der Waals surface area contributed by atoms with E-state index in [1.807, 2.05) is 13.8 Å². The topological polar surface area (TPSA) is 64.4 Å². The van der Waals surface area contributed by atoms with E-state index >= 15 is 4.39 Å². The molecule has 3 aromatic carbocycles. The summed E-state index contributed by atoms with van der Waals surface area (Å²) in [5.74, 6) is -2.05. The lowest BCUT2D eigenvalue weighted by Gasteiger charge is -2.45. The highest BCUT2D eigenvalue weighted by molar-refractivity contribution is 6.35. The molecule has 0 fully saturated rings. The Balaban J connectivity index is 1.88.